The molecule has 0 N–H and O–H groups in total. The Morgan fingerprint density at radius 3 is 2.47 bits per heavy atom. The van der Waals surface area contributed by atoms with Gasteiger partial charge in [0.1, 0.15) is 11.6 Å². The molecule has 3 rings (SSSR count). The standard InChI is InChI=1S/C23H18F2N2O2S/c1-15-4-9-21(10-16(15)2)30(3,29)27-23(28)19-11-17(13-26-14-19)5-6-18-7-8-20(24)12-22(18)25/h4,7-14H,1-3H3. The van der Waals surface area contributed by atoms with E-state index in [9.17, 15) is 17.8 Å². The number of carbonyl (C=O) groups excluding carboxylic acids is 1. The smallest absolute Gasteiger partial charge is 0.266 e. The number of hydrogen-bond acceptors (Lipinski definition) is 3. The zero-order chi connectivity index (χ0) is 21.9. The molecule has 1 atom stereocenters. The van der Waals surface area contributed by atoms with Crippen LogP contribution in [0, 0.1) is 37.3 Å². The van der Waals surface area contributed by atoms with Crippen LogP contribution >= 0.6 is 0 Å². The first-order valence-corrected chi connectivity index (χ1v) is 10.8. The Labute approximate surface area is 174 Å². The van der Waals surface area contributed by atoms with Gasteiger partial charge in [-0.05, 0) is 55.3 Å². The van der Waals surface area contributed by atoms with Gasteiger partial charge in [-0.25, -0.2) is 13.0 Å². The molecule has 0 saturated heterocycles. The second kappa shape index (κ2) is 8.56. The third kappa shape index (κ3) is 4.97. The maximum atomic E-state index is 13.7. The van der Waals surface area contributed by atoms with Gasteiger partial charge in [0.25, 0.3) is 5.91 Å². The van der Waals surface area contributed by atoms with Gasteiger partial charge in [0.2, 0.25) is 0 Å². The van der Waals surface area contributed by atoms with E-state index < -0.39 is 27.3 Å². The Kier molecular flexibility index (Phi) is 6.09. The Balaban J connectivity index is 1.91. The number of amides is 1. The van der Waals surface area contributed by atoms with Gasteiger partial charge in [-0.15, -0.1) is 0 Å². The molecule has 0 fully saturated rings. The SMILES string of the molecule is Cc1ccc(S(C)(=O)=NC(=O)c2cncc(C#Cc3ccc(F)cc3F)c2)cc1C. The lowest BCUT2D eigenvalue weighted by Crippen LogP contribution is -2.05. The molecular weight excluding hydrogens is 406 g/mol. The molecule has 1 amide bonds. The molecule has 1 aromatic heterocycles. The fraction of sp³-hybridized carbons (Fsp3) is 0.130. The first kappa shape index (κ1) is 21.3. The van der Waals surface area contributed by atoms with Gasteiger partial charge in [0, 0.05) is 35.2 Å². The molecule has 1 heterocycles. The van der Waals surface area contributed by atoms with E-state index in [1.807, 2.05) is 19.9 Å². The number of benzene rings is 2. The highest BCUT2D eigenvalue weighted by Gasteiger charge is 2.13. The second-order valence-corrected chi connectivity index (χ2v) is 9.04. The first-order valence-electron chi connectivity index (χ1n) is 8.91. The highest BCUT2D eigenvalue weighted by Crippen LogP contribution is 2.18. The lowest BCUT2D eigenvalue weighted by atomic mass is 10.1. The Morgan fingerprint density at radius 1 is 1.00 bits per heavy atom. The van der Waals surface area contributed by atoms with Crippen LogP contribution in [-0.2, 0) is 9.73 Å². The van der Waals surface area contributed by atoms with Crippen LogP contribution in [0.15, 0.2) is 64.1 Å². The molecule has 30 heavy (non-hydrogen) atoms. The molecule has 152 valence electrons. The monoisotopic (exact) mass is 424 g/mol. The maximum absolute atomic E-state index is 13.7. The van der Waals surface area contributed by atoms with Gasteiger partial charge >= 0.3 is 0 Å². The van der Waals surface area contributed by atoms with Crippen molar-refractivity contribution in [2.24, 2.45) is 4.36 Å². The van der Waals surface area contributed by atoms with Crippen molar-refractivity contribution in [1.82, 2.24) is 4.98 Å². The van der Waals surface area contributed by atoms with E-state index >= 15 is 0 Å². The maximum Gasteiger partial charge on any atom is 0.286 e. The molecule has 0 radical (unpaired) electrons. The molecule has 0 aliphatic rings. The molecule has 4 nitrogen and oxygen atoms in total. The van der Waals surface area contributed by atoms with Crippen LogP contribution in [0.1, 0.15) is 32.6 Å². The summed E-state index contributed by atoms with van der Waals surface area (Å²) in [4.78, 5) is 17.0. The number of rotatable bonds is 2. The highest BCUT2D eigenvalue weighted by atomic mass is 32.2. The van der Waals surface area contributed by atoms with Gasteiger partial charge in [0.05, 0.1) is 20.9 Å². The number of carbonyl (C=O) groups is 1. The Bertz CT molecular complexity index is 1330. The summed E-state index contributed by atoms with van der Waals surface area (Å²) in [5.41, 5.74) is 2.47. The van der Waals surface area contributed by atoms with Crippen molar-refractivity contribution in [2.45, 2.75) is 18.7 Å². The van der Waals surface area contributed by atoms with E-state index in [1.165, 1.54) is 30.8 Å². The Hall–Kier alpha value is -3.37. The van der Waals surface area contributed by atoms with E-state index in [1.54, 1.807) is 12.1 Å². The number of nitrogens with zero attached hydrogens (tertiary/aromatic N) is 2. The normalized spacial score (nSPS) is 12.4. The van der Waals surface area contributed by atoms with Crippen molar-refractivity contribution in [1.29, 1.82) is 0 Å². The molecule has 2 aromatic carbocycles. The molecule has 3 aromatic rings. The Morgan fingerprint density at radius 2 is 1.77 bits per heavy atom. The summed E-state index contributed by atoms with van der Waals surface area (Å²) >= 11 is 0. The number of pyridine rings is 1. The average Bonchev–Trinajstić information content (AvgIpc) is 2.69. The van der Waals surface area contributed by atoms with E-state index in [0.717, 1.165) is 23.3 Å². The second-order valence-electron chi connectivity index (χ2n) is 6.78. The van der Waals surface area contributed by atoms with Crippen molar-refractivity contribution >= 4 is 15.6 Å². The summed E-state index contributed by atoms with van der Waals surface area (Å²) in [6, 6.07) is 9.79. The van der Waals surface area contributed by atoms with Crippen LogP contribution in [0.3, 0.4) is 0 Å². The molecule has 1 unspecified atom stereocenters. The molecule has 0 aliphatic carbocycles. The van der Waals surface area contributed by atoms with Gasteiger partial charge < -0.3 is 0 Å². The number of halogens is 2. The number of aromatic nitrogens is 1. The molecule has 0 spiro atoms. The fourth-order valence-electron chi connectivity index (χ4n) is 2.57. The van der Waals surface area contributed by atoms with E-state index in [4.69, 9.17) is 0 Å². The van der Waals surface area contributed by atoms with Crippen LogP contribution in [-0.4, -0.2) is 21.4 Å². The predicted molar refractivity (Wildman–Crippen MR) is 112 cm³/mol. The third-order valence-corrected chi connectivity index (χ3v) is 6.07. The van der Waals surface area contributed by atoms with E-state index in [2.05, 4.69) is 21.2 Å². The van der Waals surface area contributed by atoms with Gasteiger partial charge in [-0.3, -0.25) is 9.78 Å². The number of aryl methyl sites for hydroxylation is 2. The largest absolute Gasteiger partial charge is 0.286 e. The summed E-state index contributed by atoms with van der Waals surface area (Å²) in [7, 11) is -2.95. The summed E-state index contributed by atoms with van der Waals surface area (Å²) in [5.74, 6) is 3.10. The van der Waals surface area contributed by atoms with Crippen molar-refractivity contribution in [3.63, 3.8) is 0 Å². The number of hydrogen-bond donors (Lipinski definition) is 0. The summed E-state index contributed by atoms with van der Waals surface area (Å²) in [6.07, 6.45) is 4.10. The van der Waals surface area contributed by atoms with Crippen molar-refractivity contribution in [2.75, 3.05) is 6.26 Å². The summed E-state index contributed by atoms with van der Waals surface area (Å²) in [6.45, 7) is 3.83. The zero-order valence-corrected chi connectivity index (χ0v) is 17.4. The first-order chi connectivity index (χ1) is 14.2. The molecule has 0 saturated carbocycles. The minimum absolute atomic E-state index is 0.0177. The van der Waals surface area contributed by atoms with Crippen molar-refractivity contribution < 1.29 is 17.8 Å². The lowest BCUT2D eigenvalue weighted by Gasteiger charge is -2.07. The molecule has 0 bridgehead atoms. The van der Waals surface area contributed by atoms with Crippen molar-refractivity contribution in [3.05, 3.63) is 94.3 Å². The minimum atomic E-state index is -2.95. The van der Waals surface area contributed by atoms with Crippen LogP contribution in [0.5, 0.6) is 0 Å². The zero-order valence-electron chi connectivity index (χ0n) is 16.6. The summed E-state index contributed by atoms with van der Waals surface area (Å²) in [5, 5.41) is 0. The predicted octanol–water partition coefficient (Wildman–Crippen LogP) is 4.67. The topological polar surface area (TPSA) is 59.4 Å². The van der Waals surface area contributed by atoms with E-state index in [-0.39, 0.29) is 11.1 Å². The lowest BCUT2D eigenvalue weighted by molar-refractivity contribution is 0.100. The van der Waals surface area contributed by atoms with Crippen molar-refractivity contribution in [3.8, 4) is 11.8 Å². The molecule has 7 heteroatoms. The third-order valence-electron chi connectivity index (χ3n) is 4.43. The molecule has 0 aliphatic heterocycles. The van der Waals surface area contributed by atoms with Crippen LogP contribution in [0.2, 0.25) is 0 Å². The van der Waals surface area contributed by atoms with Gasteiger partial charge in [-0.2, -0.15) is 4.36 Å². The minimum Gasteiger partial charge on any atom is -0.266 e. The van der Waals surface area contributed by atoms with Crippen LogP contribution in [0.25, 0.3) is 0 Å². The van der Waals surface area contributed by atoms with E-state index in [0.29, 0.717) is 10.5 Å². The fourth-order valence-corrected chi connectivity index (χ4v) is 3.81. The van der Waals surface area contributed by atoms with Gasteiger partial charge in [0.15, 0.2) is 0 Å². The van der Waals surface area contributed by atoms with Crippen LogP contribution < -0.4 is 0 Å². The summed E-state index contributed by atoms with van der Waals surface area (Å²) < 4.78 is 43.6. The van der Waals surface area contributed by atoms with Gasteiger partial charge in [-0.1, -0.05) is 17.9 Å². The quantitative estimate of drug-likeness (QED) is 0.562. The van der Waals surface area contributed by atoms with Crippen LogP contribution in [0.4, 0.5) is 8.78 Å². The average molecular weight is 424 g/mol. The molecular formula is C23H18F2N2O2S. The highest BCUT2D eigenvalue weighted by molar-refractivity contribution is 7.93.